The smallest absolute Gasteiger partial charge is 0.289 e. The Labute approximate surface area is 228 Å². The van der Waals surface area contributed by atoms with E-state index in [1.165, 1.54) is 6.26 Å². The van der Waals surface area contributed by atoms with Crippen molar-refractivity contribution in [3.63, 3.8) is 0 Å². The predicted octanol–water partition coefficient (Wildman–Crippen LogP) is 3.26. The number of para-hydroxylation sites is 1. The van der Waals surface area contributed by atoms with Gasteiger partial charge in [0.1, 0.15) is 5.82 Å². The maximum Gasteiger partial charge on any atom is 0.289 e. The van der Waals surface area contributed by atoms with Crippen molar-refractivity contribution in [2.24, 2.45) is 0 Å². The zero-order valence-corrected chi connectivity index (χ0v) is 21.8. The molecule has 0 spiro atoms. The molecule has 0 radical (unpaired) electrons. The highest BCUT2D eigenvalue weighted by Gasteiger charge is 2.26. The molecule has 0 N–H and O–H groups in total. The largest absolute Gasteiger partial charge is 0.459 e. The number of nitrogens with zero attached hydrogens (tertiary/aromatic N) is 6. The van der Waals surface area contributed by atoms with Gasteiger partial charge in [0.05, 0.1) is 23.7 Å². The van der Waals surface area contributed by atoms with E-state index < -0.39 is 0 Å². The second-order valence-electron chi connectivity index (χ2n) is 9.40. The van der Waals surface area contributed by atoms with Crippen molar-refractivity contribution in [3.05, 3.63) is 99.5 Å². The summed E-state index contributed by atoms with van der Waals surface area (Å²) in [7, 11) is 0. The van der Waals surface area contributed by atoms with Gasteiger partial charge >= 0.3 is 0 Å². The summed E-state index contributed by atoms with van der Waals surface area (Å²) in [5.74, 6) is 1.09. The SMILES string of the molecule is O=C(CCc1nnc2n(Cc3ccccc3Cl)c(=O)c3ccccc3n12)N1CCN(C(=O)c2ccco2)CC1. The maximum atomic E-state index is 13.4. The minimum absolute atomic E-state index is 0.0226. The van der Waals surface area contributed by atoms with E-state index in [0.29, 0.717) is 65.9 Å². The van der Waals surface area contributed by atoms with Crippen LogP contribution in [0.1, 0.15) is 28.4 Å². The van der Waals surface area contributed by atoms with Crippen molar-refractivity contribution in [1.29, 1.82) is 0 Å². The van der Waals surface area contributed by atoms with Gasteiger partial charge in [-0.3, -0.25) is 23.4 Å². The Morgan fingerprint density at radius 3 is 2.41 bits per heavy atom. The second-order valence-corrected chi connectivity index (χ2v) is 9.81. The van der Waals surface area contributed by atoms with E-state index >= 15 is 0 Å². The van der Waals surface area contributed by atoms with Crippen LogP contribution in [0, 0.1) is 0 Å². The third kappa shape index (κ3) is 4.67. The first-order valence-corrected chi connectivity index (χ1v) is 13.1. The molecule has 1 fully saturated rings. The quantitative estimate of drug-likeness (QED) is 0.325. The highest BCUT2D eigenvalue weighted by atomic mass is 35.5. The maximum absolute atomic E-state index is 13.4. The van der Waals surface area contributed by atoms with Crippen LogP contribution < -0.4 is 5.56 Å². The molecule has 1 saturated heterocycles. The third-order valence-electron chi connectivity index (χ3n) is 7.08. The molecule has 0 atom stereocenters. The summed E-state index contributed by atoms with van der Waals surface area (Å²) in [6.45, 7) is 2.03. The van der Waals surface area contributed by atoms with Crippen LogP contribution in [0.4, 0.5) is 0 Å². The average Bonchev–Trinajstić information content (AvgIpc) is 3.66. The molecule has 0 unspecified atom stereocenters. The Morgan fingerprint density at radius 1 is 0.897 bits per heavy atom. The highest BCUT2D eigenvalue weighted by Crippen LogP contribution is 2.20. The molecular formula is C28H25ClN6O4. The number of amides is 2. The van der Waals surface area contributed by atoms with E-state index in [9.17, 15) is 14.4 Å². The van der Waals surface area contributed by atoms with Crippen molar-refractivity contribution < 1.29 is 14.0 Å². The molecule has 10 nitrogen and oxygen atoms in total. The molecule has 39 heavy (non-hydrogen) atoms. The summed E-state index contributed by atoms with van der Waals surface area (Å²) >= 11 is 6.39. The Hall–Kier alpha value is -4.44. The molecule has 198 valence electrons. The molecule has 2 aromatic carbocycles. The number of piperazine rings is 1. The van der Waals surface area contributed by atoms with Gasteiger partial charge in [-0.05, 0) is 35.9 Å². The van der Waals surface area contributed by atoms with Crippen molar-refractivity contribution in [3.8, 4) is 0 Å². The van der Waals surface area contributed by atoms with E-state index in [2.05, 4.69) is 10.2 Å². The van der Waals surface area contributed by atoms with Crippen LogP contribution in [0.15, 0.2) is 76.1 Å². The minimum Gasteiger partial charge on any atom is -0.459 e. The van der Waals surface area contributed by atoms with Gasteiger partial charge in [-0.2, -0.15) is 0 Å². The molecular weight excluding hydrogens is 520 g/mol. The van der Waals surface area contributed by atoms with Crippen molar-refractivity contribution in [2.75, 3.05) is 26.2 Å². The van der Waals surface area contributed by atoms with E-state index in [-0.39, 0.29) is 30.3 Å². The lowest BCUT2D eigenvalue weighted by molar-refractivity contribution is -0.132. The number of benzene rings is 2. The zero-order chi connectivity index (χ0) is 26.9. The molecule has 0 bridgehead atoms. The number of rotatable bonds is 6. The van der Waals surface area contributed by atoms with Crippen LogP contribution in [0.3, 0.4) is 0 Å². The Kier molecular flexibility index (Phi) is 6.62. The van der Waals surface area contributed by atoms with E-state index in [1.807, 2.05) is 40.8 Å². The number of carbonyl (C=O) groups is 2. The highest BCUT2D eigenvalue weighted by molar-refractivity contribution is 6.31. The molecule has 3 aromatic heterocycles. The number of aromatic nitrogens is 4. The van der Waals surface area contributed by atoms with Crippen molar-refractivity contribution in [2.45, 2.75) is 19.4 Å². The molecule has 1 aliphatic heterocycles. The summed E-state index contributed by atoms with van der Waals surface area (Å²) in [6, 6.07) is 18.0. The second kappa shape index (κ2) is 10.4. The number of aryl methyl sites for hydroxylation is 1. The number of hydrogen-bond acceptors (Lipinski definition) is 6. The van der Waals surface area contributed by atoms with E-state index in [4.69, 9.17) is 16.0 Å². The first kappa shape index (κ1) is 24.9. The Balaban J connectivity index is 1.22. The van der Waals surface area contributed by atoms with Crippen LogP contribution in [0.25, 0.3) is 16.7 Å². The fraction of sp³-hybridized carbons (Fsp3) is 0.250. The van der Waals surface area contributed by atoms with Gasteiger partial charge in [-0.25, -0.2) is 0 Å². The van der Waals surface area contributed by atoms with Gasteiger partial charge in [-0.1, -0.05) is 41.9 Å². The fourth-order valence-electron chi connectivity index (χ4n) is 5.01. The zero-order valence-electron chi connectivity index (χ0n) is 21.0. The molecule has 6 rings (SSSR count). The summed E-state index contributed by atoms with van der Waals surface area (Å²) in [6.07, 6.45) is 2.05. The summed E-state index contributed by atoms with van der Waals surface area (Å²) in [4.78, 5) is 42.5. The van der Waals surface area contributed by atoms with Crippen molar-refractivity contribution >= 4 is 40.1 Å². The topological polar surface area (TPSA) is 106 Å². The summed E-state index contributed by atoms with van der Waals surface area (Å²) in [5.41, 5.74) is 1.29. The van der Waals surface area contributed by atoms with Gasteiger partial charge in [0.25, 0.3) is 11.5 Å². The summed E-state index contributed by atoms with van der Waals surface area (Å²) < 4.78 is 8.62. The van der Waals surface area contributed by atoms with E-state index in [0.717, 1.165) is 5.56 Å². The lowest BCUT2D eigenvalue weighted by Gasteiger charge is -2.34. The van der Waals surface area contributed by atoms with Crippen molar-refractivity contribution in [1.82, 2.24) is 29.0 Å². The number of fused-ring (bicyclic) bond motifs is 3. The first-order valence-electron chi connectivity index (χ1n) is 12.7. The fourth-order valence-corrected chi connectivity index (χ4v) is 5.20. The molecule has 0 aliphatic carbocycles. The molecule has 0 saturated carbocycles. The Morgan fingerprint density at radius 2 is 1.64 bits per heavy atom. The molecule has 11 heteroatoms. The Bertz CT molecular complexity index is 1730. The van der Waals surface area contributed by atoms with Crippen LogP contribution in [0.5, 0.6) is 0 Å². The average molecular weight is 545 g/mol. The van der Waals surface area contributed by atoms with E-state index in [1.54, 1.807) is 38.6 Å². The number of halogens is 1. The lowest BCUT2D eigenvalue weighted by atomic mass is 10.2. The standard InChI is InChI=1S/C28H25ClN6O4/c29-21-8-3-1-6-19(21)18-34-26(37)20-7-2-4-9-22(20)35-24(30-31-28(34)35)11-12-25(36)32-13-15-33(16-14-32)27(38)23-10-5-17-39-23/h1-10,17H,11-16,18H2. The monoisotopic (exact) mass is 544 g/mol. The number of hydrogen-bond donors (Lipinski definition) is 0. The summed E-state index contributed by atoms with van der Waals surface area (Å²) in [5, 5.41) is 9.82. The van der Waals surface area contributed by atoms with Crippen LogP contribution in [-0.4, -0.2) is 67.0 Å². The normalized spacial score (nSPS) is 13.9. The predicted molar refractivity (Wildman–Crippen MR) is 145 cm³/mol. The lowest BCUT2D eigenvalue weighted by Crippen LogP contribution is -2.50. The molecule has 4 heterocycles. The number of carbonyl (C=O) groups excluding carboxylic acids is 2. The van der Waals surface area contributed by atoms with Crippen LogP contribution in [0.2, 0.25) is 5.02 Å². The van der Waals surface area contributed by atoms with Gasteiger partial charge in [-0.15, -0.1) is 10.2 Å². The van der Waals surface area contributed by atoms with Gasteiger partial charge < -0.3 is 14.2 Å². The third-order valence-corrected chi connectivity index (χ3v) is 7.44. The molecule has 2 amide bonds. The minimum atomic E-state index is -0.185. The van der Waals surface area contributed by atoms with Gasteiger partial charge in [0.15, 0.2) is 5.76 Å². The van der Waals surface area contributed by atoms with Crippen LogP contribution >= 0.6 is 11.6 Å². The molecule has 1 aliphatic rings. The number of furan rings is 1. The molecule has 5 aromatic rings. The van der Waals surface area contributed by atoms with Gasteiger partial charge in [0, 0.05) is 44.0 Å². The first-order chi connectivity index (χ1) is 19.0. The van der Waals surface area contributed by atoms with Gasteiger partial charge in [0.2, 0.25) is 11.7 Å². The van der Waals surface area contributed by atoms with Crippen LogP contribution in [-0.2, 0) is 17.8 Å².